The second-order valence-corrected chi connectivity index (χ2v) is 11.7. The predicted molar refractivity (Wildman–Crippen MR) is 151 cm³/mol. The van der Waals surface area contributed by atoms with E-state index in [9.17, 15) is 0 Å². The number of rotatable bonds is 22. The van der Waals surface area contributed by atoms with Crippen LogP contribution in [0.3, 0.4) is 0 Å². The summed E-state index contributed by atoms with van der Waals surface area (Å²) in [5.74, 6) is 1.42. The van der Waals surface area contributed by atoms with E-state index in [0.29, 0.717) is 6.04 Å². The molecule has 0 saturated carbocycles. The first-order chi connectivity index (χ1) is 16.0. The zero-order chi connectivity index (χ0) is 24.2. The second-order valence-electron chi connectivity index (χ2n) is 11.7. The largest absolute Gasteiger partial charge is 0.357 e. The van der Waals surface area contributed by atoms with E-state index in [1.54, 1.807) is 0 Å². The summed E-state index contributed by atoms with van der Waals surface area (Å²) in [7, 11) is 0. The first kappa shape index (κ1) is 30.5. The lowest BCUT2D eigenvalue weighted by atomic mass is 9.89. The van der Waals surface area contributed by atoms with Gasteiger partial charge in [-0.25, -0.2) is 0 Å². The average molecular weight is 463 g/mol. The minimum Gasteiger partial charge on any atom is -0.357 e. The van der Waals surface area contributed by atoms with Crippen LogP contribution in [0.5, 0.6) is 0 Å². The van der Waals surface area contributed by atoms with Gasteiger partial charge in [0.2, 0.25) is 0 Å². The van der Waals surface area contributed by atoms with Crippen LogP contribution in [0.2, 0.25) is 0 Å². The van der Waals surface area contributed by atoms with Crippen LogP contribution < -0.4 is 0 Å². The Hall–Kier alpha value is -0.530. The highest BCUT2D eigenvalue weighted by atomic mass is 15.2. The van der Waals surface area contributed by atoms with E-state index in [-0.39, 0.29) is 5.41 Å². The van der Waals surface area contributed by atoms with Gasteiger partial charge >= 0.3 is 0 Å². The molecular formula is C31H62N2. The van der Waals surface area contributed by atoms with E-state index in [0.717, 1.165) is 6.54 Å². The molecule has 33 heavy (non-hydrogen) atoms. The molecule has 2 heteroatoms. The molecule has 0 aliphatic carbocycles. The molecule has 0 aromatic carbocycles. The number of aliphatic imine (C=N–C) groups is 1. The van der Waals surface area contributed by atoms with Gasteiger partial charge in [0, 0.05) is 24.5 Å². The molecule has 1 heterocycles. The summed E-state index contributed by atoms with van der Waals surface area (Å²) in [5, 5.41) is 0. The first-order valence-electron chi connectivity index (χ1n) is 15.3. The number of hydrogen-bond acceptors (Lipinski definition) is 1. The maximum absolute atomic E-state index is 5.18. The molecule has 196 valence electrons. The van der Waals surface area contributed by atoms with Crippen LogP contribution >= 0.6 is 0 Å². The molecule has 0 radical (unpaired) electrons. The fraction of sp³-hybridized carbons (Fsp3) is 0.968. The Morgan fingerprint density at radius 1 is 0.636 bits per heavy atom. The molecule has 1 saturated heterocycles. The summed E-state index contributed by atoms with van der Waals surface area (Å²) >= 11 is 0. The lowest BCUT2D eigenvalue weighted by molar-refractivity contribution is 0.338. The van der Waals surface area contributed by atoms with Crippen molar-refractivity contribution in [3.8, 4) is 0 Å². The topological polar surface area (TPSA) is 15.6 Å². The van der Waals surface area contributed by atoms with Crippen molar-refractivity contribution in [3.05, 3.63) is 0 Å². The monoisotopic (exact) mass is 462 g/mol. The zero-order valence-electron chi connectivity index (χ0n) is 23.7. The Balaban J connectivity index is 2.18. The van der Waals surface area contributed by atoms with Gasteiger partial charge in [0.1, 0.15) is 5.84 Å². The fourth-order valence-corrected chi connectivity index (χ4v) is 5.72. The van der Waals surface area contributed by atoms with Crippen LogP contribution in [0.25, 0.3) is 0 Å². The van der Waals surface area contributed by atoms with Gasteiger partial charge in [0.15, 0.2) is 0 Å². The van der Waals surface area contributed by atoms with Gasteiger partial charge in [-0.15, -0.1) is 0 Å². The molecule has 1 rings (SSSR count). The summed E-state index contributed by atoms with van der Waals surface area (Å²) < 4.78 is 0. The second kappa shape index (κ2) is 19.7. The Bertz CT molecular complexity index is 468. The SMILES string of the molecule is CCCCCCCCCCCCN=C1N(CCCCCCCCCCCC)C(C)CC1(C)C. The summed E-state index contributed by atoms with van der Waals surface area (Å²) in [6, 6.07) is 0.657. The number of hydrogen-bond donors (Lipinski definition) is 0. The molecule has 1 aliphatic rings. The van der Waals surface area contributed by atoms with Gasteiger partial charge in [-0.05, 0) is 26.2 Å². The van der Waals surface area contributed by atoms with Crippen molar-refractivity contribution in [3.63, 3.8) is 0 Å². The maximum atomic E-state index is 5.18. The lowest BCUT2D eigenvalue weighted by Crippen LogP contribution is -2.35. The van der Waals surface area contributed by atoms with Gasteiger partial charge < -0.3 is 4.90 Å². The molecule has 0 amide bonds. The van der Waals surface area contributed by atoms with Gasteiger partial charge in [0.25, 0.3) is 0 Å². The van der Waals surface area contributed by atoms with Crippen molar-refractivity contribution in [2.24, 2.45) is 10.4 Å². The highest BCUT2D eigenvalue weighted by Gasteiger charge is 2.40. The van der Waals surface area contributed by atoms with Crippen LogP contribution in [0.15, 0.2) is 4.99 Å². The number of likely N-dealkylation sites (tertiary alicyclic amines) is 1. The van der Waals surface area contributed by atoms with Gasteiger partial charge in [0.05, 0.1) is 0 Å². The van der Waals surface area contributed by atoms with Crippen molar-refractivity contribution < 1.29 is 0 Å². The summed E-state index contributed by atoms with van der Waals surface area (Å²) in [4.78, 5) is 7.85. The molecule has 0 aromatic rings. The molecular weight excluding hydrogens is 400 g/mol. The van der Waals surface area contributed by atoms with E-state index in [1.807, 2.05) is 0 Å². The molecule has 1 atom stereocenters. The van der Waals surface area contributed by atoms with Gasteiger partial charge in [-0.1, -0.05) is 143 Å². The minimum absolute atomic E-state index is 0.260. The van der Waals surface area contributed by atoms with Crippen LogP contribution in [0.1, 0.15) is 169 Å². The minimum atomic E-state index is 0.260. The third-order valence-corrected chi connectivity index (χ3v) is 7.74. The summed E-state index contributed by atoms with van der Waals surface area (Å²) in [6.45, 7) is 14.1. The smallest absolute Gasteiger partial charge is 0.105 e. The Kier molecular flexibility index (Phi) is 18.2. The highest BCUT2D eigenvalue weighted by Crippen LogP contribution is 2.36. The Morgan fingerprint density at radius 3 is 1.48 bits per heavy atom. The molecule has 0 N–H and O–H groups in total. The van der Waals surface area contributed by atoms with Crippen molar-refractivity contribution in [1.82, 2.24) is 4.90 Å². The molecule has 0 spiro atoms. The Labute approximate surface area is 209 Å². The Morgan fingerprint density at radius 2 is 1.03 bits per heavy atom. The number of nitrogens with zero attached hydrogens (tertiary/aromatic N) is 2. The number of unbranched alkanes of at least 4 members (excludes halogenated alkanes) is 18. The van der Waals surface area contributed by atoms with Gasteiger partial charge in [-0.2, -0.15) is 0 Å². The van der Waals surface area contributed by atoms with Gasteiger partial charge in [-0.3, -0.25) is 4.99 Å². The normalized spacial score (nSPS) is 19.1. The van der Waals surface area contributed by atoms with Crippen molar-refractivity contribution >= 4 is 5.84 Å². The lowest BCUT2D eigenvalue weighted by Gasteiger charge is -2.27. The van der Waals surface area contributed by atoms with E-state index in [2.05, 4.69) is 39.5 Å². The van der Waals surface area contributed by atoms with E-state index < -0.39 is 0 Å². The molecule has 1 fully saturated rings. The van der Waals surface area contributed by atoms with E-state index >= 15 is 0 Å². The van der Waals surface area contributed by atoms with Crippen molar-refractivity contribution in [2.45, 2.75) is 175 Å². The molecule has 1 unspecified atom stereocenters. The van der Waals surface area contributed by atoms with Crippen LogP contribution in [0.4, 0.5) is 0 Å². The average Bonchev–Trinajstić information content (AvgIpc) is 3.00. The maximum Gasteiger partial charge on any atom is 0.105 e. The molecule has 0 aromatic heterocycles. The fourth-order valence-electron chi connectivity index (χ4n) is 5.72. The highest BCUT2D eigenvalue weighted by molar-refractivity contribution is 5.90. The predicted octanol–water partition coefficient (Wildman–Crippen LogP) is 10.3. The third kappa shape index (κ3) is 14.5. The zero-order valence-corrected chi connectivity index (χ0v) is 23.7. The third-order valence-electron chi connectivity index (χ3n) is 7.74. The number of amidine groups is 1. The van der Waals surface area contributed by atoms with Crippen LogP contribution in [-0.4, -0.2) is 29.9 Å². The summed E-state index contributed by atoms with van der Waals surface area (Å²) in [5.41, 5.74) is 0.260. The summed E-state index contributed by atoms with van der Waals surface area (Å²) in [6.07, 6.45) is 29.5. The standard InChI is InChI=1S/C31H62N2/c1-6-8-10-12-14-16-18-20-22-24-26-32-30-31(4,5)28-29(3)33(30)27-25-23-21-19-17-15-13-11-9-7-2/h29H,6-28H2,1-5H3. The quantitative estimate of drug-likeness (QED) is 0.146. The molecule has 1 aliphatic heterocycles. The molecule has 0 bridgehead atoms. The van der Waals surface area contributed by atoms with E-state index in [4.69, 9.17) is 4.99 Å². The van der Waals surface area contributed by atoms with Crippen LogP contribution in [0, 0.1) is 5.41 Å². The van der Waals surface area contributed by atoms with Crippen LogP contribution in [-0.2, 0) is 0 Å². The van der Waals surface area contributed by atoms with Crippen molar-refractivity contribution in [1.29, 1.82) is 0 Å². The first-order valence-corrected chi connectivity index (χ1v) is 15.3. The van der Waals surface area contributed by atoms with Crippen molar-refractivity contribution in [2.75, 3.05) is 13.1 Å². The van der Waals surface area contributed by atoms with E-state index in [1.165, 1.54) is 147 Å². The molecule has 2 nitrogen and oxygen atoms in total.